The van der Waals surface area contributed by atoms with Crippen LogP contribution in [0.25, 0.3) is 0 Å². The van der Waals surface area contributed by atoms with Crippen LogP contribution in [0.3, 0.4) is 0 Å². The normalized spacial score (nSPS) is 18.8. The van der Waals surface area contributed by atoms with E-state index in [4.69, 9.17) is 0 Å². The molecule has 1 heterocycles. The van der Waals surface area contributed by atoms with E-state index in [9.17, 15) is 4.79 Å². The first-order chi connectivity index (χ1) is 5.70. The minimum absolute atomic E-state index is 0.0382. The van der Waals surface area contributed by atoms with Gasteiger partial charge in [-0.15, -0.1) is 0 Å². The molecule has 1 fully saturated rings. The van der Waals surface area contributed by atoms with Gasteiger partial charge in [-0.05, 0) is 19.8 Å². The summed E-state index contributed by atoms with van der Waals surface area (Å²) in [5.74, 6) is -0.0382. The molecule has 0 aromatic carbocycles. The Bertz CT molecular complexity index is 287. The Labute approximate surface area is 70.4 Å². The number of H-pyrrole nitrogens is 1. The van der Waals surface area contributed by atoms with Crippen LogP contribution in [0.4, 0.5) is 0 Å². The summed E-state index contributed by atoms with van der Waals surface area (Å²) >= 11 is 0. The first-order valence-electron chi connectivity index (χ1n) is 4.01. The van der Waals surface area contributed by atoms with Gasteiger partial charge in [0.15, 0.2) is 0 Å². The van der Waals surface area contributed by atoms with Gasteiger partial charge in [0.1, 0.15) is 0 Å². The van der Waals surface area contributed by atoms with E-state index >= 15 is 0 Å². The molecule has 4 nitrogen and oxygen atoms in total. The largest absolute Gasteiger partial charge is 0.347 e. The molecule has 12 heavy (non-hydrogen) atoms. The van der Waals surface area contributed by atoms with Gasteiger partial charge in [-0.1, -0.05) is 0 Å². The summed E-state index contributed by atoms with van der Waals surface area (Å²) in [5.41, 5.74) is 0.650. The molecule has 1 aliphatic rings. The second kappa shape index (κ2) is 2.33. The number of aromatic amines is 1. The standard InChI is InChI=1S/C8H11N3O/c1-8(2-3-8)11-7(12)6-4-9-10-5-6/h4-5H,2-3H2,1H3,(H,9,10)(H,11,12). The summed E-state index contributed by atoms with van der Waals surface area (Å²) in [6.45, 7) is 2.05. The highest BCUT2D eigenvalue weighted by atomic mass is 16.1. The molecule has 0 saturated heterocycles. The Balaban J connectivity index is 2.02. The monoisotopic (exact) mass is 165 g/mol. The third-order valence-corrected chi connectivity index (χ3v) is 2.18. The van der Waals surface area contributed by atoms with E-state index in [0.717, 1.165) is 12.8 Å². The van der Waals surface area contributed by atoms with E-state index in [-0.39, 0.29) is 11.4 Å². The first-order valence-corrected chi connectivity index (χ1v) is 4.01. The summed E-state index contributed by atoms with van der Waals surface area (Å²) in [7, 11) is 0. The predicted octanol–water partition coefficient (Wildman–Crippen LogP) is 0.692. The van der Waals surface area contributed by atoms with Crippen LogP contribution in [0, 0.1) is 0 Å². The molecule has 64 valence electrons. The summed E-state index contributed by atoms with van der Waals surface area (Å²) in [6, 6.07) is 0. The average molecular weight is 165 g/mol. The van der Waals surface area contributed by atoms with Gasteiger partial charge in [-0.25, -0.2) is 0 Å². The van der Waals surface area contributed by atoms with Crippen molar-refractivity contribution in [1.29, 1.82) is 0 Å². The highest BCUT2D eigenvalue weighted by molar-refractivity contribution is 5.94. The molecule has 1 amide bonds. The van der Waals surface area contributed by atoms with Crippen molar-refractivity contribution in [3.8, 4) is 0 Å². The van der Waals surface area contributed by atoms with Crippen molar-refractivity contribution < 1.29 is 4.79 Å². The Morgan fingerprint density at radius 3 is 3.00 bits per heavy atom. The molecule has 1 aliphatic carbocycles. The molecule has 0 aliphatic heterocycles. The van der Waals surface area contributed by atoms with Crippen molar-refractivity contribution in [2.45, 2.75) is 25.3 Å². The van der Waals surface area contributed by atoms with Crippen LogP contribution >= 0.6 is 0 Å². The Morgan fingerprint density at radius 2 is 2.50 bits per heavy atom. The second-order valence-electron chi connectivity index (χ2n) is 3.50. The fourth-order valence-electron chi connectivity index (χ4n) is 1.03. The second-order valence-corrected chi connectivity index (χ2v) is 3.50. The van der Waals surface area contributed by atoms with E-state index in [1.54, 1.807) is 6.20 Å². The lowest BCUT2D eigenvalue weighted by atomic mass is 10.2. The number of nitrogens with one attached hydrogen (secondary N) is 2. The maximum Gasteiger partial charge on any atom is 0.254 e. The van der Waals surface area contributed by atoms with Crippen LogP contribution in [0.1, 0.15) is 30.1 Å². The Kier molecular flexibility index (Phi) is 1.43. The van der Waals surface area contributed by atoms with Crippen molar-refractivity contribution in [1.82, 2.24) is 15.5 Å². The molecule has 0 radical (unpaired) electrons. The number of amides is 1. The number of rotatable bonds is 2. The first kappa shape index (κ1) is 7.34. The van der Waals surface area contributed by atoms with E-state index in [2.05, 4.69) is 15.5 Å². The van der Waals surface area contributed by atoms with Gasteiger partial charge in [0.05, 0.1) is 11.8 Å². The van der Waals surface area contributed by atoms with Gasteiger partial charge in [-0.2, -0.15) is 5.10 Å². The van der Waals surface area contributed by atoms with Crippen LogP contribution in [0.15, 0.2) is 12.4 Å². The molecular formula is C8H11N3O. The van der Waals surface area contributed by atoms with Crippen molar-refractivity contribution in [3.63, 3.8) is 0 Å². The minimum Gasteiger partial charge on any atom is -0.347 e. The maximum absolute atomic E-state index is 11.4. The molecule has 4 heteroatoms. The zero-order chi connectivity index (χ0) is 8.60. The van der Waals surface area contributed by atoms with Crippen molar-refractivity contribution in [2.75, 3.05) is 0 Å². The fourth-order valence-corrected chi connectivity index (χ4v) is 1.03. The topological polar surface area (TPSA) is 57.8 Å². The van der Waals surface area contributed by atoms with Crippen molar-refractivity contribution in [3.05, 3.63) is 18.0 Å². The van der Waals surface area contributed by atoms with Crippen LogP contribution in [0.2, 0.25) is 0 Å². The number of carbonyl (C=O) groups excluding carboxylic acids is 1. The molecule has 2 rings (SSSR count). The van der Waals surface area contributed by atoms with E-state index < -0.39 is 0 Å². The summed E-state index contributed by atoms with van der Waals surface area (Å²) in [6.07, 6.45) is 5.29. The van der Waals surface area contributed by atoms with Crippen molar-refractivity contribution >= 4 is 5.91 Å². The zero-order valence-corrected chi connectivity index (χ0v) is 6.92. The quantitative estimate of drug-likeness (QED) is 0.677. The zero-order valence-electron chi connectivity index (χ0n) is 6.92. The lowest BCUT2D eigenvalue weighted by molar-refractivity contribution is 0.0935. The third kappa shape index (κ3) is 1.32. The lowest BCUT2D eigenvalue weighted by Crippen LogP contribution is -2.33. The number of nitrogens with zero attached hydrogens (tertiary/aromatic N) is 1. The summed E-state index contributed by atoms with van der Waals surface area (Å²) in [5, 5.41) is 9.25. The molecule has 0 spiro atoms. The van der Waals surface area contributed by atoms with E-state index in [1.807, 2.05) is 6.92 Å². The smallest absolute Gasteiger partial charge is 0.254 e. The summed E-state index contributed by atoms with van der Waals surface area (Å²) in [4.78, 5) is 11.4. The molecule has 1 saturated carbocycles. The van der Waals surface area contributed by atoms with Gasteiger partial charge >= 0.3 is 0 Å². The van der Waals surface area contributed by atoms with Gasteiger partial charge < -0.3 is 5.32 Å². The van der Waals surface area contributed by atoms with E-state index in [1.165, 1.54) is 6.20 Å². The van der Waals surface area contributed by atoms with Crippen LogP contribution in [0.5, 0.6) is 0 Å². The van der Waals surface area contributed by atoms with Crippen LogP contribution < -0.4 is 5.32 Å². The number of aromatic nitrogens is 2. The Morgan fingerprint density at radius 1 is 1.75 bits per heavy atom. The summed E-state index contributed by atoms with van der Waals surface area (Å²) < 4.78 is 0. The molecule has 0 atom stereocenters. The van der Waals surface area contributed by atoms with Gasteiger partial charge in [-0.3, -0.25) is 9.89 Å². The van der Waals surface area contributed by atoms with Crippen molar-refractivity contribution in [2.24, 2.45) is 0 Å². The third-order valence-electron chi connectivity index (χ3n) is 2.18. The number of hydrogen-bond donors (Lipinski definition) is 2. The van der Waals surface area contributed by atoms with Gasteiger partial charge in [0.2, 0.25) is 0 Å². The van der Waals surface area contributed by atoms with Crippen LogP contribution in [-0.4, -0.2) is 21.6 Å². The van der Waals surface area contributed by atoms with Crippen LogP contribution in [-0.2, 0) is 0 Å². The SMILES string of the molecule is CC1(NC(=O)c2cn[nH]c2)CC1. The highest BCUT2D eigenvalue weighted by Crippen LogP contribution is 2.34. The lowest BCUT2D eigenvalue weighted by Gasteiger charge is -2.09. The molecule has 1 aromatic rings. The molecular weight excluding hydrogens is 154 g/mol. The van der Waals surface area contributed by atoms with Gasteiger partial charge in [0.25, 0.3) is 5.91 Å². The highest BCUT2D eigenvalue weighted by Gasteiger charge is 2.38. The van der Waals surface area contributed by atoms with E-state index in [0.29, 0.717) is 5.56 Å². The molecule has 1 aromatic heterocycles. The predicted molar refractivity (Wildman–Crippen MR) is 43.7 cm³/mol. The van der Waals surface area contributed by atoms with Gasteiger partial charge in [0, 0.05) is 11.7 Å². The number of carbonyl (C=O) groups is 1. The average Bonchev–Trinajstić information content (AvgIpc) is 2.55. The molecule has 0 bridgehead atoms. The molecule has 0 unspecified atom stereocenters. The maximum atomic E-state index is 11.4. The number of hydrogen-bond acceptors (Lipinski definition) is 2. The Hall–Kier alpha value is -1.32. The minimum atomic E-state index is -0.0382. The fraction of sp³-hybridized carbons (Fsp3) is 0.500. The molecule has 2 N–H and O–H groups in total.